The van der Waals surface area contributed by atoms with Crippen LogP contribution < -0.4 is 38.5 Å². The molecule has 0 bridgehead atoms. The van der Waals surface area contributed by atoms with Gasteiger partial charge in [-0.25, -0.2) is 4.79 Å². The molecule has 0 saturated carbocycles. The van der Waals surface area contributed by atoms with Gasteiger partial charge in [-0.2, -0.15) is 0 Å². The number of carboxylic acids is 1. The topological polar surface area (TPSA) is 285 Å². The van der Waals surface area contributed by atoms with E-state index in [2.05, 4.69) is 26.3 Å². The molecule has 268 valence electrons. The molecule has 2 rings (SSSR count). The van der Waals surface area contributed by atoms with Crippen molar-refractivity contribution in [2.24, 2.45) is 28.1 Å². The number of nitrogens with zero attached hydrogens (tertiary/aromatic N) is 1. The van der Waals surface area contributed by atoms with E-state index in [-0.39, 0.29) is 43.4 Å². The first-order chi connectivity index (χ1) is 23.1. The van der Waals surface area contributed by atoms with E-state index in [9.17, 15) is 39.3 Å². The summed E-state index contributed by atoms with van der Waals surface area (Å²) in [6.45, 7) is 5.11. The molecular formula is C33H48N8O8. The highest BCUT2D eigenvalue weighted by Crippen LogP contribution is 2.16. The fraction of sp³-hybridized carbons (Fsp3) is 0.455. The Morgan fingerprint density at radius 2 is 1.39 bits per heavy atom. The fourth-order valence-corrected chi connectivity index (χ4v) is 4.80. The van der Waals surface area contributed by atoms with Gasteiger partial charge >= 0.3 is 5.97 Å². The number of aromatic hydroxyl groups is 1. The summed E-state index contributed by atoms with van der Waals surface area (Å²) in [6, 6.07) is 7.66. The maximum Gasteiger partial charge on any atom is 0.328 e. The number of aliphatic carboxylic acids is 1. The number of carbonyl (C=O) groups excluding carboxylic acids is 4. The van der Waals surface area contributed by atoms with E-state index in [1.807, 2.05) is 13.8 Å². The average Bonchev–Trinajstić information content (AvgIpc) is 3.04. The highest BCUT2D eigenvalue weighted by atomic mass is 16.4. The Bertz CT molecular complexity index is 1430. The summed E-state index contributed by atoms with van der Waals surface area (Å²) in [4.78, 5) is 69.4. The second kappa shape index (κ2) is 19.6. The molecule has 2 aromatic carbocycles. The summed E-state index contributed by atoms with van der Waals surface area (Å²) in [6.07, 6.45) is -0.697. The van der Waals surface area contributed by atoms with Gasteiger partial charge in [0.25, 0.3) is 0 Å². The molecule has 0 unspecified atom stereocenters. The van der Waals surface area contributed by atoms with Gasteiger partial charge in [0.15, 0.2) is 12.0 Å². The van der Waals surface area contributed by atoms with Crippen LogP contribution in [0, 0.1) is 5.92 Å². The molecule has 0 heterocycles. The number of hydrogen-bond acceptors (Lipinski definition) is 9. The van der Waals surface area contributed by atoms with Crippen molar-refractivity contribution in [3.05, 3.63) is 65.7 Å². The molecule has 0 aliphatic heterocycles. The van der Waals surface area contributed by atoms with Crippen molar-refractivity contribution in [2.45, 2.75) is 82.8 Å². The molecular weight excluding hydrogens is 636 g/mol. The third-order valence-electron chi connectivity index (χ3n) is 7.38. The van der Waals surface area contributed by atoms with E-state index >= 15 is 0 Å². The minimum Gasteiger partial charge on any atom is -0.508 e. The lowest BCUT2D eigenvalue weighted by Crippen LogP contribution is -2.58. The normalized spacial score (nSPS) is 14.7. The Morgan fingerprint density at radius 1 is 0.796 bits per heavy atom. The number of nitrogens with one attached hydrogen (secondary N) is 4. The number of aliphatic hydroxyl groups excluding tert-OH is 1. The van der Waals surface area contributed by atoms with Crippen LogP contribution in [0.1, 0.15) is 57.2 Å². The Hall–Kier alpha value is -5.22. The molecule has 0 spiro atoms. The van der Waals surface area contributed by atoms with Crippen LogP contribution >= 0.6 is 0 Å². The van der Waals surface area contributed by atoms with Crippen molar-refractivity contribution in [1.29, 1.82) is 0 Å². The van der Waals surface area contributed by atoms with Gasteiger partial charge in [0, 0.05) is 13.0 Å². The molecule has 0 fully saturated rings. The summed E-state index contributed by atoms with van der Waals surface area (Å²) in [5.74, 6) is -4.66. The largest absolute Gasteiger partial charge is 0.508 e. The number of aliphatic hydroxyl groups is 1. The first kappa shape index (κ1) is 40.0. The standard InChI is InChI=1S/C33H48N8O8/c1-18(2)16-24(30(46)41-27(21-8-5-4-6-9-21)31(47)40-26(19(3)42)32(48)49)39-29(45)25(17-20-11-13-22(43)14-12-20)38-28(44)23(34)10-7-15-37-33(35)36/h4-6,8-9,11-14,18-19,23-27,42-43H,7,10,15-17,34H2,1-3H3,(H,38,44)(H,39,45)(H,40,47)(H,41,46)(H,48,49)(H4,35,36,37)/t19-,23+,24+,25+,26+,27+/m1/s1. The second-order valence-corrected chi connectivity index (χ2v) is 12.1. The minimum absolute atomic E-state index is 0.00498. The molecule has 16 heteroatoms. The van der Waals surface area contributed by atoms with Gasteiger partial charge < -0.3 is 53.8 Å². The summed E-state index contributed by atoms with van der Waals surface area (Å²) >= 11 is 0. The Kier molecular flexibility index (Phi) is 16.0. The number of rotatable bonds is 19. The predicted octanol–water partition coefficient (Wildman–Crippen LogP) is -0.861. The minimum atomic E-state index is -1.65. The van der Waals surface area contributed by atoms with Crippen LogP contribution in [-0.4, -0.2) is 87.7 Å². The van der Waals surface area contributed by atoms with Gasteiger partial charge in [0.05, 0.1) is 12.1 Å². The molecule has 0 aliphatic rings. The number of aliphatic imine (C=N–C) groups is 1. The molecule has 4 amide bonds. The van der Waals surface area contributed by atoms with Crippen LogP contribution in [0.3, 0.4) is 0 Å². The van der Waals surface area contributed by atoms with Crippen molar-refractivity contribution >= 4 is 35.6 Å². The van der Waals surface area contributed by atoms with E-state index in [4.69, 9.17) is 17.2 Å². The van der Waals surface area contributed by atoms with Crippen molar-refractivity contribution in [2.75, 3.05) is 6.54 Å². The van der Waals surface area contributed by atoms with E-state index in [1.165, 1.54) is 19.1 Å². The molecule has 13 N–H and O–H groups in total. The lowest BCUT2D eigenvalue weighted by Gasteiger charge is -2.27. The molecule has 16 nitrogen and oxygen atoms in total. The number of benzene rings is 2. The Balaban J connectivity index is 2.33. The van der Waals surface area contributed by atoms with Crippen LogP contribution in [0.15, 0.2) is 59.6 Å². The quantitative estimate of drug-likeness (QED) is 0.0493. The molecule has 6 atom stereocenters. The van der Waals surface area contributed by atoms with Crippen LogP contribution in [-0.2, 0) is 30.4 Å². The molecule has 0 aliphatic carbocycles. The average molecular weight is 685 g/mol. The second-order valence-electron chi connectivity index (χ2n) is 12.1. The Labute approximate surface area is 284 Å². The van der Waals surface area contributed by atoms with Gasteiger partial charge in [-0.15, -0.1) is 0 Å². The molecule has 0 aromatic heterocycles. The first-order valence-corrected chi connectivity index (χ1v) is 15.8. The van der Waals surface area contributed by atoms with Gasteiger partial charge in [0.1, 0.15) is 23.9 Å². The lowest BCUT2D eigenvalue weighted by atomic mass is 9.99. The third kappa shape index (κ3) is 13.8. The first-order valence-electron chi connectivity index (χ1n) is 15.8. The smallest absolute Gasteiger partial charge is 0.328 e. The van der Waals surface area contributed by atoms with Crippen molar-refractivity contribution in [1.82, 2.24) is 21.3 Å². The van der Waals surface area contributed by atoms with Crippen molar-refractivity contribution in [3.63, 3.8) is 0 Å². The number of guanidine groups is 1. The number of phenols is 1. The number of phenolic OH excluding ortho intramolecular Hbond substituents is 1. The summed E-state index contributed by atoms with van der Waals surface area (Å²) < 4.78 is 0. The monoisotopic (exact) mass is 684 g/mol. The number of nitrogens with two attached hydrogens (primary N) is 3. The highest BCUT2D eigenvalue weighted by Gasteiger charge is 2.34. The fourth-order valence-electron chi connectivity index (χ4n) is 4.80. The van der Waals surface area contributed by atoms with Gasteiger partial charge in [0.2, 0.25) is 23.6 Å². The number of hydrogen-bond donors (Lipinski definition) is 10. The van der Waals surface area contributed by atoms with Crippen LogP contribution in [0.5, 0.6) is 5.75 Å². The molecule has 49 heavy (non-hydrogen) atoms. The number of carbonyl (C=O) groups is 5. The highest BCUT2D eigenvalue weighted by molar-refractivity contribution is 5.96. The third-order valence-corrected chi connectivity index (χ3v) is 7.38. The maximum atomic E-state index is 13.8. The van der Waals surface area contributed by atoms with E-state index in [0.29, 0.717) is 17.5 Å². The number of carboxylic acid groups (broad SMARTS) is 1. The summed E-state index contributed by atoms with van der Waals surface area (Å²) in [5, 5.41) is 39.3. The lowest BCUT2D eigenvalue weighted by molar-refractivity contribution is -0.145. The zero-order chi connectivity index (χ0) is 36.7. The van der Waals surface area contributed by atoms with Crippen LogP contribution in [0.2, 0.25) is 0 Å². The van der Waals surface area contributed by atoms with Crippen LogP contribution in [0.4, 0.5) is 0 Å². The number of amides is 4. The summed E-state index contributed by atoms with van der Waals surface area (Å²) in [7, 11) is 0. The molecule has 0 saturated heterocycles. The Morgan fingerprint density at radius 3 is 1.94 bits per heavy atom. The zero-order valence-corrected chi connectivity index (χ0v) is 27.8. The zero-order valence-electron chi connectivity index (χ0n) is 27.8. The predicted molar refractivity (Wildman–Crippen MR) is 182 cm³/mol. The van der Waals surface area contributed by atoms with Gasteiger partial charge in [-0.05, 0) is 55.4 Å². The molecule has 2 aromatic rings. The van der Waals surface area contributed by atoms with E-state index in [1.54, 1.807) is 42.5 Å². The van der Waals surface area contributed by atoms with Crippen molar-refractivity contribution in [3.8, 4) is 5.75 Å². The van der Waals surface area contributed by atoms with E-state index < -0.39 is 65.9 Å². The maximum absolute atomic E-state index is 13.8. The van der Waals surface area contributed by atoms with Crippen LogP contribution in [0.25, 0.3) is 0 Å². The molecule has 0 radical (unpaired) electrons. The van der Waals surface area contributed by atoms with Crippen molar-refractivity contribution < 1.29 is 39.3 Å². The SMILES string of the molecule is CC(C)C[C@H](NC(=O)[C@H](Cc1ccc(O)cc1)NC(=O)[C@@H](N)CCCN=C(N)N)C(=O)N[C@H](C(=O)N[C@H](C(=O)O)[C@@H](C)O)c1ccccc1. The summed E-state index contributed by atoms with van der Waals surface area (Å²) in [5.41, 5.74) is 17.7. The van der Waals surface area contributed by atoms with Gasteiger partial charge in [-0.3, -0.25) is 24.2 Å². The van der Waals surface area contributed by atoms with Gasteiger partial charge in [-0.1, -0.05) is 56.3 Å². The van der Waals surface area contributed by atoms with E-state index in [0.717, 1.165) is 0 Å².